The van der Waals surface area contributed by atoms with Crippen molar-refractivity contribution in [3.8, 4) is 0 Å². The zero-order valence-corrected chi connectivity index (χ0v) is 9.67. The second-order valence-corrected chi connectivity index (χ2v) is 3.50. The summed E-state index contributed by atoms with van der Waals surface area (Å²) in [4.78, 5) is 13.3. The van der Waals surface area contributed by atoms with E-state index in [1.807, 2.05) is 7.05 Å². The minimum Gasteiger partial charge on any atom is -0.463 e. The summed E-state index contributed by atoms with van der Waals surface area (Å²) in [5.74, 6) is -0.289. The number of hydrogen-bond acceptors (Lipinski definition) is 3. The van der Waals surface area contributed by atoms with Crippen LogP contribution < -0.4 is 0 Å². The third-order valence-electron chi connectivity index (χ3n) is 2.35. The maximum Gasteiger partial charge on any atom is 0.334 e. The first-order chi connectivity index (χ1) is 6.52. The summed E-state index contributed by atoms with van der Waals surface area (Å²) in [6.45, 7) is 10.7. The second kappa shape index (κ2) is 6.60. The molecule has 0 radical (unpaired) electrons. The van der Waals surface area contributed by atoms with Gasteiger partial charge in [-0.25, -0.2) is 4.79 Å². The van der Waals surface area contributed by atoms with Crippen molar-refractivity contribution in [3.05, 3.63) is 12.2 Å². The Morgan fingerprint density at radius 1 is 1.50 bits per heavy atom. The molecule has 1 atom stereocenters. The Morgan fingerprint density at radius 3 is 2.50 bits per heavy atom. The van der Waals surface area contributed by atoms with Gasteiger partial charge in [0.15, 0.2) is 0 Å². The number of carbonyl (C=O) groups excluding carboxylic acids is 1. The molecule has 3 heteroatoms. The summed E-state index contributed by atoms with van der Waals surface area (Å²) in [6, 6.07) is 0.459. The highest BCUT2D eigenvalue weighted by Gasteiger charge is 2.13. The van der Waals surface area contributed by atoms with E-state index in [1.165, 1.54) is 0 Å². The average molecular weight is 199 g/mol. The molecule has 0 aliphatic carbocycles. The van der Waals surface area contributed by atoms with Gasteiger partial charge in [0.2, 0.25) is 0 Å². The monoisotopic (exact) mass is 199 g/mol. The molecule has 0 aliphatic rings. The van der Waals surface area contributed by atoms with Crippen LogP contribution in [-0.2, 0) is 9.53 Å². The summed E-state index contributed by atoms with van der Waals surface area (Å²) < 4.78 is 4.85. The van der Waals surface area contributed by atoms with E-state index < -0.39 is 0 Å². The van der Waals surface area contributed by atoms with E-state index >= 15 is 0 Å². The average Bonchev–Trinajstić information content (AvgIpc) is 2.16. The Kier molecular flexibility index (Phi) is 6.21. The highest BCUT2D eigenvalue weighted by Crippen LogP contribution is 2.04. The van der Waals surface area contributed by atoms with Gasteiger partial charge in [-0.2, -0.15) is 0 Å². The van der Waals surface area contributed by atoms with Gasteiger partial charge in [0.1, 0.15) is 0 Å². The van der Waals surface area contributed by atoms with Crippen molar-refractivity contribution in [1.29, 1.82) is 0 Å². The molecule has 3 nitrogen and oxygen atoms in total. The van der Waals surface area contributed by atoms with Crippen LogP contribution in [0.15, 0.2) is 12.2 Å². The van der Waals surface area contributed by atoms with Gasteiger partial charge in [0, 0.05) is 18.2 Å². The lowest BCUT2D eigenvalue weighted by Crippen LogP contribution is -2.32. The minimum absolute atomic E-state index is 0.289. The van der Waals surface area contributed by atoms with Crippen molar-refractivity contribution >= 4 is 5.97 Å². The van der Waals surface area contributed by atoms with Gasteiger partial charge >= 0.3 is 5.97 Å². The summed E-state index contributed by atoms with van der Waals surface area (Å²) >= 11 is 0. The standard InChI is InChI=1S/C11H21NO2/c1-6-10(4)12(5)8-9(3)11(13)14-7-2/h10H,3,6-8H2,1-2,4-5H3. The van der Waals surface area contributed by atoms with Crippen molar-refractivity contribution in [1.82, 2.24) is 4.90 Å². The van der Waals surface area contributed by atoms with Gasteiger partial charge in [-0.15, -0.1) is 0 Å². The van der Waals surface area contributed by atoms with Crippen LogP contribution in [-0.4, -0.2) is 37.1 Å². The third kappa shape index (κ3) is 4.42. The highest BCUT2D eigenvalue weighted by molar-refractivity contribution is 5.88. The summed E-state index contributed by atoms with van der Waals surface area (Å²) in [5, 5.41) is 0. The molecule has 0 amide bonds. The molecule has 0 saturated heterocycles. The zero-order chi connectivity index (χ0) is 11.1. The summed E-state index contributed by atoms with van der Waals surface area (Å²) in [6.07, 6.45) is 1.06. The predicted molar refractivity (Wildman–Crippen MR) is 58.2 cm³/mol. The van der Waals surface area contributed by atoms with E-state index in [0.717, 1.165) is 6.42 Å². The Hall–Kier alpha value is -0.830. The van der Waals surface area contributed by atoms with Crippen molar-refractivity contribution < 1.29 is 9.53 Å². The van der Waals surface area contributed by atoms with E-state index in [4.69, 9.17) is 4.74 Å². The van der Waals surface area contributed by atoms with E-state index in [2.05, 4.69) is 25.3 Å². The van der Waals surface area contributed by atoms with E-state index in [9.17, 15) is 4.79 Å². The number of rotatable bonds is 6. The molecule has 0 heterocycles. The zero-order valence-electron chi connectivity index (χ0n) is 9.67. The maximum atomic E-state index is 11.2. The number of ether oxygens (including phenoxy) is 1. The van der Waals surface area contributed by atoms with Crippen LogP contribution in [0.2, 0.25) is 0 Å². The second-order valence-electron chi connectivity index (χ2n) is 3.50. The highest BCUT2D eigenvalue weighted by atomic mass is 16.5. The van der Waals surface area contributed by atoms with Crippen molar-refractivity contribution in [2.24, 2.45) is 0 Å². The fraction of sp³-hybridized carbons (Fsp3) is 0.727. The molecule has 0 bridgehead atoms. The quantitative estimate of drug-likeness (QED) is 0.483. The van der Waals surface area contributed by atoms with Crippen LogP contribution in [0.4, 0.5) is 0 Å². The maximum absolute atomic E-state index is 11.2. The van der Waals surface area contributed by atoms with Crippen LogP contribution >= 0.6 is 0 Å². The fourth-order valence-corrected chi connectivity index (χ4v) is 1.07. The first kappa shape index (κ1) is 13.2. The summed E-state index contributed by atoms with van der Waals surface area (Å²) in [5.41, 5.74) is 0.523. The SMILES string of the molecule is C=C(CN(C)C(C)CC)C(=O)OCC. The fourth-order valence-electron chi connectivity index (χ4n) is 1.07. The number of likely N-dealkylation sites (N-methyl/N-ethyl adjacent to an activating group) is 1. The van der Waals surface area contributed by atoms with Crippen molar-refractivity contribution in [2.75, 3.05) is 20.2 Å². The van der Waals surface area contributed by atoms with E-state index in [0.29, 0.717) is 24.8 Å². The molecule has 0 saturated carbocycles. The van der Waals surface area contributed by atoms with E-state index in [-0.39, 0.29) is 5.97 Å². The molecule has 0 aromatic carbocycles. The lowest BCUT2D eigenvalue weighted by molar-refractivity contribution is -0.138. The molecule has 1 unspecified atom stereocenters. The van der Waals surface area contributed by atoms with Crippen molar-refractivity contribution in [3.63, 3.8) is 0 Å². The molecule has 0 spiro atoms. The van der Waals surface area contributed by atoms with Gasteiger partial charge < -0.3 is 4.74 Å². The van der Waals surface area contributed by atoms with Crippen LogP contribution in [0.3, 0.4) is 0 Å². The molecule has 0 rings (SSSR count). The van der Waals surface area contributed by atoms with Gasteiger partial charge in [-0.3, -0.25) is 4.90 Å². The molecule has 0 aromatic heterocycles. The predicted octanol–water partition coefficient (Wildman–Crippen LogP) is 1.84. The van der Waals surface area contributed by atoms with Crippen LogP contribution in [0.25, 0.3) is 0 Å². The molecule has 82 valence electrons. The summed E-state index contributed by atoms with van der Waals surface area (Å²) in [7, 11) is 1.98. The minimum atomic E-state index is -0.289. The van der Waals surface area contributed by atoms with Gasteiger partial charge in [0.25, 0.3) is 0 Å². The Morgan fingerprint density at radius 2 is 2.07 bits per heavy atom. The van der Waals surface area contributed by atoms with Gasteiger partial charge in [-0.05, 0) is 27.3 Å². The number of carbonyl (C=O) groups is 1. The smallest absolute Gasteiger partial charge is 0.334 e. The van der Waals surface area contributed by atoms with Crippen LogP contribution in [0.5, 0.6) is 0 Å². The number of esters is 1. The number of hydrogen-bond donors (Lipinski definition) is 0. The lowest BCUT2D eigenvalue weighted by atomic mass is 10.2. The first-order valence-electron chi connectivity index (χ1n) is 5.08. The molecule has 0 aromatic rings. The number of nitrogens with zero attached hydrogens (tertiary/aromatic N) is 1. The molecule has 0 fully saturated rings. The first-order valence-corrected chi connectivity index (χ1v) is 5.08. The van der Waals surface area contributed by atoms with Crippen LogP contribution in [0, 0.1) is 0 Å². The molecule has 0 aliphatic heterocycles. The topological polar surface area (TPSA) is 29.5 Å². The lowest BCUT2D eigenvalue weighted by Gasteiger charge is -2.23. The molecular weight excluding hydrogens is 178 g/mol. The Balaban J connectivity index is 3.99. The Bertz CT molecular complexity index is 201. The van der Waals surface area contributed by atoms with E-state index in [1.54, 1.807) is 6.92 Å². The molecule has 0 N–H and O–H groups in total. The van der Waals surface area contributed by atoms with Gasteiger partial charge in [-0.1, -0.05) is 13.5 Å². The van der Waals surface area contributed by atoms with Crippen LogP contribution in [0.1, 0.15) is 27.2 Å². The largest absolute Gasteiger partial charge is 0.463 e. The molecule has 14 heavy (non-hydrogen) atoms. The molecular formula is C11H21NO2. The normalized spacial score (nSPS) is 12.6. The third-order valence-corrected chi connectivity index (χ3v) is 2.35. The Labute approximate surface area is 86.7 Å². The van der Waals surface area contributed by atoms with Gasteiger partial charge in [0.05, 0.1) is 6.61 Å². The van der Waals surface area contributed by atoms with Crippen molar-refractivity contribution in [2.45, 2.75) is 33.2 Å².